The Kier molecular flexibility index (Phi) is 7.50. The van der Waals surface area contributed by atoms with Crippen molar-refractivity contribution in [3.63, 3.8) is 0 Å². The van der Waals surface area contributed by atoms with Gasteiger partial charge in [0.15, 0.2) is 0 Å². The molecule has 0 aromatic heterocycles. The zero-order valence-electron chi connectivity index (χ0n) is 12.5. The lowest BCUT2D eigenvalue weighted by atomic mass is 10.2. The SMILES string of the molecule is CCCNCc1cc(Br)c(OCCC2CCCO2)c(Br)c1. The molecule has 21 heavy (non-hydrogen) atoms. The highest BCUT2D eigenvalue weighted by atomic mass is 79.9. The standard InChI is InChI=1S/C16H23Br2NO2/c1-2-6-19-11-12-9-14(17)16(15(18)10-12)21-8-5-13-4-3-7-20-13/h9-10,13,19H,2-8,11H2,1H3. The first-order chi connectivity index (χ1) is 10.2. The second-order valence-electron chi connectivity index (χ2n) is 5.34. The Hall–Kier alpha value is -0.100. The topological polar surface area (TPSA) is 30.5 Å². The van der Waals surface area contributed by atoms with Gasteiger partial charge >= 0.3 is 0 Å². The van der Waals surface area contributed by atoms with Gasteiger partial charge in [-0.3, -0.25) is 0 Å². The summed E-state index contributed by atoms with van der Waals surface area (Å²) < 4.78 is 13.5. The minimum Gasteiger partial charge on any atom is -0.491 e. The summed E-state index contributed by atoms with van der Waals surface area (Å²) in [4.78, 5) is 0. The third kappa shape index (κ3) is 5.55. The van der Waals surface area contributed by atoms with Crippen molar-refractivity contribution in [2.24, 2.45) is 0 Å². The molecule has 1 heterocycles. The molecule has 0 bridgehead atoms. The summed E-state index contributed by atoms with van der Waals surface area (Å²) >= 11 is 7.21. The van der Waals surface area contributed by atoms with Gasteiger partial charge in [0.05, 0.1) is 21.7 Å². The first-order valence-corrected chi connectivity index (χ1v) is 9.22. The lowest BCUT2D eigenvalue weighted by Crippen LogP contribution is -2.14. The maximum Gasteiger partial charge on any atom is 0.147 e. The number of rotatable bonds is 8. The van der Waals surface area contributed by atoms with Crippen LogP contribution in [0.4, 0.5) is 0 Å². The molecular formula is C16H23Br2NO2. The molecule has 2 rings (SSSR count). The van der Waals surface area contributed by atoms with Crippen LogP contribution in [0.15, 0.2) is 21.1 Å². The molecule has 1 aliphatic heterocycles. The van der Waals surface area contributed by atoms with Crippen LogP contribution in [0.5, 0.6) is 5.75 Å². The average Bonchev–Trinajstić information content (AvgIpc) is 2.95. The van der Waals surface area contributed by atoms with Crippen molar-refractivity contribution >= 4 is 31.9 Å². The Labute approximate surface area is 144 Å². The summed E-state index contributed by atoms with van der Waals surface area (Å²) in [5.41, 5.74) is 1.24. The molecule has 1 aliphatic rings. The molecule has 3 nitrogen and oxygen atoms in total. The number of halogens is 2. The Morgan fingerprint density at radius 3 is 2.71 bits per heavy atom. The molecule has 118 valence electrons. The number of nitrogens with one attached hydrogen (secondary N) is 1. The second kappa shape index (κ2) is 9.13. The quantitative estimate of drug-likeness (QED) is 0.620. The van der Waals surface area contributed by atoms with E-state index < -0.39 is 0 Å². The number of benzene rings is 1. The summed E-state index contributed by atoms with van der Waals surface area (Å²) in [5.74, 6) is 0.882. The Morgan fingerprint density at radius 2 is 2.10 bits per heavy atom. The molecule has 1 atom stereocenters. The minimum absolute atomic E-state index is 0.375. The molecule has 0 spiro atoms. The number of ether oxygens (including phenoxy) is 2. The van der Waals surface area contributed by atoms with Crippen LogP contribution in [0.1, 0.15) is 38.2 Å². The molecule has 5 heteroatoms. The van der Waals surface area contributed by atoms with Crippen molar-refractivity contribution in [1.29, 1.82) is 0 Å². The monoisotopic (exact) mass is 419 g/mol. The van der Waals surface area contributed by atoms with Gasteiger partial charge < -0.3 is 14.8 Å². The summed E-state index contributed by atoms with van der Waals surface area (Å²) in [6, 6.07) is 4.24. The first kappa shape index (κ1) is 17.3. The van der Waals surface area contributed by atoms with E-state index in [0.29, 0.717) is 12.7 Å². The summed E-state index contributed by atoms with van der Waals surface area (Å²) in [6.07, 6.45) is 4.82. The normalized spacial score (nSPS) is 18.1. The molecule has 0 amide bonds. The smallest absolute Gasteiger partial charge is 0.147 e. The molecule has 1 N–H and O–H groups in total. The van der Waals surface area contributed by atoms with Crippen molar-refractivity contribution in [2.45, 2.75) is 45.3 Å². The predicted octanol–water partition coefficient (Wildman–Crippen LogP) is 4.66. The van der Waals surface area contributed by atoms with Gasteiger partial charge in [0.2, 0.25) is 0 Å². The van der Waals surface area contributed by atoms with Crippen LogP contribution in [0.2, 0.25) is 0 Å². The zero-order valence-corrected chi connectivity index (χ0v) is 15.6. The number of hydrogen-bond donors (Lipinski definition) is 1. The Bertz CT molecular complexity index is 425. The molecule has 1 unspecified atom stereocenters. The summed E-state index contributed by atoms with van der Waals surface area (Å²) in [5, 5.41) is 3.41. The van der Waals surface area contributed by atoms with Gasteiger partial charge in [0.25, 0.3) is 0 Å². The maximum absolute atomic E-state index is 5.92. The minimum atomic E-state index is 0.375. The molecular weight excluding hydrogens is 398 g/mol. The Balaban J connectivity index is 1.86. The van der Waals surface area contributed by atoms with Crippen LogP contribution in [-0.4, -0.2) is 25.9 Å². The van der Waals surface area contributed by atoms with E-state index in [4.69, 9.17) is 9.47 Å². The zero-order chi connectivity index (χ0) is 15.1. The van der Waals surface area contributed by atoms with Gasteiger partial charge in [-0.25, -0.2) is 0 Å². The van der Waals surface area contributed by atoms with Gasteiger partial charge in [-0.15, -0.1) is 0 Å². The average molecular weight is 421 g/mol. The fourth-order valence-electron chi connectivity index (χ4n) is 2.43. The maximum atomic E-state index is 5.92. The van der Waals surface area contributed by atoms with Crippen molar-refractivity contribution in [2.75, 3.05) is 19.8 Å². The van der Waals surface area contributed by atoms with E-state index >= 15 is 0 Å². The second-order valence-corrected chi connectivity index (χ2v) is 7.05. The van der Waals surface area contributed by atoms with Crippen LogP contribution >= 0.6 is 31.9 Å². The lowest BCUT2D eigenvalue weighted by molar-refractivity contribution is 0.0901. The predicted molar refractivity (Wildman–Crippen MR) is 92.9 cm³/mol. The van der Waals surface area contributed by atoms with Gasteiger partial charge in [-0.05, 0) is 75.4 Å². The highest BCUT2D eigenvalue weighted by molar-refractivity contribution is 9.11. The van der Waals surface area contributed by atoms with Gasteiger partial charge in [-0.1, -0.05) is 6.92 Å². The molecule has 0 aliphatic carbocycles. The van der Waals surface area contributed by atoms with E-state index in [2.05, 4.69) is 56.2 Å². The molecule has 1 aromatic rings. The molecule has 1 fully saturated rings. The van der Waals surface area contributed by atoms with Crippen molar-refractivity contribution in [3.8, 4) is 5.75 Å². The Morgan fingerprint density at radius 1 is 1.33 bits per heavy atom. The van der Waals surface area contributed by atoms with Crippen molar-refractivity contribution in [1.82, 2.24) is 5.32 Å². The fourth-order valence-corrected chi connectivity index (χ4v) is 3.94. The fraction of sp³-hybridized carbons (Fsp3) is 0.625. The van der Waals surface area contributed by atoms with E-state index in [-0.39, 0.29) is 0 Å². The number of hydrogen-bond acceptors (Lipinski definition) is 3. The van der Waals surface area contributed by atoms with Crippen LogP contribution in [0.3, 0.4) is 0 Å². The van der Waals surface area contributed by atoms with E-state index in [1.165, 1.54) is 12.0 Å². The van der Waals surface area contributed by atoms with E-state index in [9.17, 15) is 0 Å². The van der Waals surface area contributed by atoms with Crippen LogP contribution in [0.25, 0.3) is 0 Å². The van der Waals surface area contributed by atoms with Crippen LogP contribution in [-0.2, 0) is 11.3 Å². The summed E-state index contributed by atoms with van der Waals surface area (Å²) in [7, 11) is 0. The van der Waals surface area contributed by atoms with Crippen LogP contribution in [0, 0.1) is 0 Å². The third-order valence-electron chi connectivity index (χ3n) is 3.52. The highest BCUT2D eigenvalue weighted by Gasteiger charge is 2.16. The van der Waals surface area contributed by atoms with Crippen molar-refractivity contribution in [3.05, 3.63) is 26.6 Å². The summed E-state index contributed by atoms with van der Waals surface area (Å²) in [6.45, 7) is 5.67. The van der Waals surface area contributed by atoms with Gasteiger partial charge in [0.1, 0.15) is 5.75 Å². The molecule has 1 saturated heterocycles. The van der Waals surface area contributed by atoms with Crippen LogP contribution < -0.4 is 10.1 Å². The molecule has 1 aromatic carbocycles. The van der Waals surface area contributed by atoms with Gasteiger partial charge in [0, 0.05) is 19.6 Å². The van der Waals surface area contributed by atoms with Gasteiger partial charge in [-0.2, -0.15) is 0 Å². The lowest BCUT2D eigenvalue weighted by Gasteiger charge is -2.14. The third-order valence-corrected chi connectivity index (χ3v) is 4.70. The largest absolute Gasteiger partial charge is 0.491 e. The highest BCUT2D eigenvalue weighted by Crippen LogP contribution is 2.35. The van der Waals surface area contributed by atoms with Crippen molar-refractivity contribution < 1.29 is 9.47 Å². The molecule has 0 radical (unpaired) electrons. The van der Waals surface area contributed by atoms with E-state index in [0.717, 1.165) is 53.7 Å². The molecule has 0 saturated carbocycles. The van der Waals surface area contributed by atoms with E-state index in [1.807, 2.05) is 0 Å². The first-order valence-electron chi connectivity index (χ1n) is 7.63. The van der Waals surface area contributed by atoms with E-state index in [1.54, 1.807) is 0 Å².